The Balaban J connectivity index is 2.39. The van der Waals surface area contributed by atoms with Crippen LogP contribution in [0.5, 0.6) is 0 Å². The van der Waals surface area contributed by atoms with Gasteiger partial charge in [0.25, 0.3) is 0 Å². The maximum absolute atomic E-state index is 9.08. The Kier molecular flexibility index (Phi) is 3.72. The standard InChI is InChI=1S/C11H19NO2/c1-9(10-4-5-14-6-10)12-7-11(2,3)8-13/h4-6,9,12-13H,7-8H2,1-3H3. The average molecular weight is 197 g/mol. The summed E-state index contributed by atoms with van der Waals surface area (Å²) in [4.78, 5) is 0. The van der Waals surface area contributed by atoms with Gasteiger partial charge in [0.15, 0.2) is 0 Å². The Bertz CT molecular complexity index is 254. The van der Waals surface area contributed by atoms with E-state index in [1.807, 2.05) is 19.9 Å². The molecule has 0 amide bonds. The molecule has 0 aliphatic heterocycles. The molecule has 0 radical (unpaired) electrons. The van der Waals surface area contributed by atoms with Gasteiger partial charge in [-0.05, 0) is 13.0 Å². The van der Waals surface area contributed by atoms with Crippen molar-refractivity contribution in [2.75, 3.05) is 13.2 Å². The van der Waals surface area contributed by atoms with Crippen molar-refractivity contribution in [3.63, 3.8) is 0 Å². The zero-order valence-corrected chi connectivity index (χ0v) is 9.08. The van der Waals surface area contributed by atoms with Crippen LogP contribution in [0.25, 0.3) is 0 Å². The van der Waals surface area contributed by atoms with Crippen molar-refractivity contribution in [3.05, 3.63) is 24.2 Å². The molecule has 1 atom stereocenters. The van der Waals surface area contributed by atoms with Crippen molar-refractivity contribution in [2.24, 2.45) is 5.41 Å². The topological polar surface area (TPSA) is 45.4 Å². The molecule has 1 rings (SSSR count). The molecule has 0 saturated heterocycles. The summed E-state index contributed by atoms with van der Waals surface area (Å²) >= 11 is 0. The van der Waals surface area contributed by atoms with Crippen LogP contribution >= 0.6 is 0 Å². The van der Waals surface area contributed by atoms with Crippen molar-refractivity contribution in [1.82, 2.24) is 5.32 Å². The van der Waals surface area contributed by atoms with Crippen molar-refractivity contribution in [2.45, 2.75) is 26.8 Å². The van der Waals surface area contributed by atoms with Crippen LogP contribution in [0.15, 0.2) is 23.0 Å². The Labute approximate surface area is 85.1 Å². The monoisotopic (exact) mass is 197 g/mol. The minimum Gasteiger partial charge on any atom is -0.472 e. The van der Waals surface area contributed by atoms with Gasteiger partial charge in [0.2, 0.25) is 0 Å². The highest BCUT2D eigenvalue weighted by Gasteiger charge is 2.17. The first kappa shape index (κ1) is 11.3. The number of hydrogen-bond acceptors (Lipinski definition) is 3. The molecule has 0 aliphatic carbocycles. The van der Waals surface area contributed by atoms with Crippen molar-refractivity contribution in [1.29, 1.82) is 0 Å². The SMILES string of the molecule is CC(NCC(C)(C)CO)c1ccoc1. The summed E-state index contributed by atoms with van der Waals surface area (Å²) in [6.45, 7) is 7.12. The van der Waals surface area contributed by atoms with Crippen LogP contribution in [0, 0.1) is 5.41 Å². The van der Waals surface area contributed by atoms with Gasteiger partial charge < -0.3 is 14.8 Å². The van der Waals surface area contributed by atoms with Gasteiger partial charge in [-0.1, -0.05) is 13.8 Å². The number of aliphatic hydroxyl groups excluding tert-OH is 1. The average Bonchev–Trinajstić information content (AvgIpc) is 2.67. The highest BCUT2D eigenvalue weighted by Crippen LogP contribution is 2.16. The van der Waals surface area contributed by atoms with E-state index in [1.165, 1.54) is 0 Å². The van der Waals surface area contributed by atoms with E-state index in [0.29, 0.717) is 0 Å². The molecule has 1 aromatic heterocycles. The van der Waals surface area contributed by atoms with Crippen molar-refractivity contribution in [3.8, 4) is 0 Å². The fraction of sp³-hybridized carbons (Fsp3) is 0.636. The van der Waals surface area contributed by atoms with Crippen LogP contribution in [-0.4, -0.2) is 18.3 Å². The quantitative estimate of drug-likeness (QED) is 0.758. The van der Waals surface area contributed by atoms with Gasteiger partial charge in [-0.15, -0.1) is 0 Å². The normalized spacial score (nSPS) is 14.3. The van der Waals surface area contributed by atoms with Crippen LogP contribution < -0.4 is 5.32 Å². The minimum atomic E-state index is -0.0714. The molecule has 3 heteroatoms. The molecule has 0 bridgehead atoms. The summed E-state index contributed by atoms with van der Waals surface area (Å²) in [7, 11) is 0. The lowest BCUT2D eigenvalue weighted by Crippen LogP contribution is -2.33. The number of hydrogen-bond donors (Lipinski definition) is 2. The van der Waals surface area contributed by atoms with E-state index in [2.05, 4.69) is 12.2 Å². The van der Waals surface area contributed by atoms with Crippen molar-refractivity contribution < 1.29 is 9.52 Å². The Hall–Kier alpha value is -0.800. The second kappa shape index (κ2) is 4.62. The van der Waals surface area contributed by atoms with Crippen LogP contribution in [-0.2, 0) is 0 Å². The lowest BCUT2D eigenvalue weighted by molar-refractivity contribution is 0.154. The maximum atomic E-state index is 9.08. The van der Waals surface area contributed by atoms with Crippen LogP contribution in [0.2, 0.25) is 0 Å². The first-order chi connectivity index (χ1) is 6.55. The second-order valence-electron chi connectivity index (χ2n) is 4.48. The number of aliphatic hydroxyl groups is 1. The number of furan rings is 1. The van der Waals surface area contributed by atoms with Crippen molar-refractivity contribution >= 4 is 0 Å². The number of nitrogens with one attached hydrogen (secondary N) is 1. The first-order valence-electron chi connectivity index (χ1n) is 4.91. The third kappa shape index (κ3) is 3.16. The van der Waals surface area contributed by atoms with E-state index in [9.17, 15) is 0 Å². The molecular formula is C11H19NO2. The van der Waals surface area contributed by atoms with E-state index in [1.54, 1.807) is 12.5 Å². The van der Waals surface area contributed by atoms with Gasteiger partial charge in [0.05, 0.1) is 12.5 Å². The highest BCUT2D eigenvalue weighted by molar-refractivity contribution is 5.10. The first-order valence-corrected chi connectivity index (χ1v) is 4.91. The third-order valence-electron chi connectivity index (χ3n) is 2.36. The van der Waals surface area contributed by atoms with E-state index >= 15 is 0 Å². The molecule has 0 spiro atoms. The zero-order valence-electron chi connectivity index (χ0n) is 9.08. The molecule has 80 valence electrons. The fourth-order valence-electron chi connectivity index (χ4n) is 1.12. The number of rotatable bonds is 5. The second-order valence-corrected chi connectivity index (χ2v) is 4.48. The molecular weight excluding hydrogens is 178 g/mol. The van der Waals surface area contributed by atoms with Gasteiger partial charge >= 0.3 is 0 Å². The molecule has 1 unspecified atom stereocenters. The van der Waals surface area contributed by atoms with Crippen LogP contribution in [0.3, 0.4) is 0 Å². The largest absolute Gasteiger partial charge is 0.472 e. The molecule has 3 nitrogen and oxygen atoms in total. The Morgan fingerprint density at radius 2 is 2.29 bits per heavy atom. The molecule has 0 aliphatic rings. The zero-order chi connectivity index (χ0) is 10.6. The van der Waals surface area contributed by atoms with E-state index in [4.69, 9.17) is 9.52 Å². The van der Waals surface area contributed by atoms with Crippen LogP contribution in [0.4, 0.5) is 0 Å². The smallest absolute Gasteiger partial charge is 0.0950 e. The molecule has 1 heterocycles. The maximum Gasteiger partial charge on any atom is 0.0950 e. The molecule has 0 fully saturated rings. The van der Waals surface area contributed by atoms with Crippen LogP contribution in [0.1, 0.15) is 32.4 Å². The van der Waals surface area contributed by atoms with E-state index in [-0.39, 0.29) is 18.1 Å². The van der Waals surface area contributed by atoms with E-state index < -0.39 is 0 Å². The molecule has 14 heavy (non-hydrogen) atoms. The summed E-state index contributed by atoms with van der Waals surface area (Å²) in [5, 5.41) is 12.4. The third-order valence-corrected chi connectivity index (χ3v) is 2.36. The lowest BCUT2D eigenvalue weighted by Gasteiger charge is -2.24. The Morgan fingerprint density at radius 1 is 1.57 bits per heavy atom. The highest BCUT2D eigenvalue weighted by atomic mass is 16.3. The minimum absolute atomic E-state index is 0.0714. The van der Waals surface area contributed by atoms with Gasteiger partial charge in [-0.3, -0.25) is 0 Å². The Morgan fingerprint density at radius 3 is 2.79 bits per heavy atom. The molecule has 0 aromatic carbocycles. The summed E-state index contributed by atoms with van der Waals surface area (Å²) in [5.41, 5.74) is 1.07. The lowest BCUT2D eigenvalue weighted by atomic mass is 9.94. The molecule has 2 N–H and O–H groups in total. The van der Waals surface area contributed by atoms with Gasteiger partial charge in [0, 0.05) is 30.2 Å². The summed E-state index contributed by atoms with van der Waals surface area (Å²) in [5.74, 6) is 0. The molecule has 1 aromatic rings. The summed E-state index contributed by atoms with van der Waals surface area (Å²) in [6.07, 6.45) is 3.41. The summed E-state index contributed by atoms with van der Waals surface area (Å²) < 4.78 is 5.00. The molecule has 0 saturated carbocycles. The predicted molar refractivity (Wildman–Crippen MR) is 56.0 cm³/mol. The van der Waals surface area contributed by atoms with Gasteiger partial charge in [-0.2, -0.15) is 0 Å². The fourth-order valence-corrected chi connectivity index (χ4v) is 1.12. The van der Waals surface area contributed by atoms with Gasteiger partial charge in [0.1, 0.15) is 0 Å². The van der Waals surface area contributed by atoms with Gasteiger partial charge in [-0.25, -0.2) is 0 Å². The van der Waals surface area contributed by atoms with E-state index in [0.717, 1.165) is 12.1 Å². The predicted octanol–water partition coefficient (Wildman–Crippen LogP) is 1.95. The summed E-state index contributed by atoms with van der Waals surface area (Å²) in [6, 6.07) is 2.21.